The van der Waals surface area contributed by atoms with Crippen LogP contribution in [0.1, 0.15) is 37.7 Å². The van der Waals surface area contributed by atoms with Gasteiger partial charge in [0.2, 0.25) is 0 Å². The Bertz CT molecular complexity index is 733. The van der Waals surface area contributed by atoms with Gasteiger partial charge < -0.3 is 9.64 Å². The number of hydrogen-bond donors (Lipinski definition) is 0. The van der Waals surface area contributed by atoms with Gasteiger partial charge in [0.1, 0.15) is 6.67 Å². The Morgan fingerprint density at radius 2 is 1.59 bits per heavy atom. The molecule has 2 aliphatic heterocycles. The molecule has 2 saturated heterocycles. The first-order chi connectivity index (χ1) is 14.3. The molecule has 2 aromatic rings. The summed E-state index contributed by atoms with van der Waals surface area (Å²) >= 11 is 0. The summed E-state index contributed by atoms with van der Waals surface area (Å²) in [5, 5.41) is 0. The largest absolute Gasteiger partial charge is 0.372 e. The highest BCUT2D eigenvalue weighted by Gasteiger charge is 2.41. The predicted molar refractivity (Wildman–Crippen MR) is 117 cm³/mol. The van der Waals surface area contributed by atoms with Crippen molar-refractivity contribution in [2.75, 3.05) is 37.8 Å². The molecule has 0 saturated carbocycles. The van der Waals surface area contributed by atoms with Crippen molar-refractivity contribution < 1.29 is 9.13 Å². The van der Waals surface area contributed by atoms with Crippen LogP contribution >= 0.6 is 0 Å². The lowest BCUT2D eigenvalue weighted by Gasteiger charge is -2.47. The molecule has 0 amide bonds. The van der Waals surface area contributed by atoms with E-state index in [0.29, 0.717) is 12.5 Å². The molecule has 156 valence electrons. The van der Waals surface area contributed by atoms with Crippen molar-refractivity contribution >= 4 is 5.69 Å². The van der Waals surface area contributed by atoms with Crippen molar-refractivity contribution in [3.63, 3.8) is 0 Å². The molecule has 0 spiro atoms. The number of likely N-dealkylation sites (tertiary alicyclic amines) is 1. The molecule has 2 aliphatic rings. The molecule has 3 nitrogen and oxygen atoms in total. The van der Waals surface area contributed by atoms with Gasteiger partial charge in [-0.1, -0.05) is 48.5 Å². The summed E-state index contributed by atoms with van der Waals surface area (Å²) in [4.78, 5) is 4.79. The Morgan fingerprint density at radius 1 is 0.897 bits per heavy atom. The van der Waals surface area contributed by atoms with Gasteiger partial charge in [-0.15, -0.1) is 0 Å². The van der Waals surface area contributed by atoms with E-state index in [0.717, 1.165) is 63.8 Å². The molecule has 0 aliphatic carbocycles. The van der Waals surface area contributed by atoms with Crippen LogP contribution in [-0.2, 0) is 11.3 Å². The molecule has 1 unspecified atom stereocenters. The zero-order valence-corrected chi connectivity index (χ0v) is 17.3. The normalized spacial score (nSPS) is 24.0. The summed E-state index contributed by atoms with van der Waals surface area (Å²) in [6, 6.07) is 20.8. The van der Waals surface area contributed by atoms with Gasteiger partial charge in [0.05, 0.1) is 6.61 Å². The minimum absolute atomic E-state index is 0.428. The summed E-state index contributed by atoms with van der Waals surface area (Å²) < 4.78 is 20.6. The molecule has 0 N–H and O–H groups in total. The molecular formula is C25H33FN2O. The third-order valence-corrected chi connectivity index (χ3v) is 6.60. The minimum Gasteiger partial charge on any atom is -0.372 e. The Morgan fingerprint density at radius 3 is 2.28 bits per heavy atom. The number of hydrogen-bond acceptors (Lipinski definition) is 3. The van der Waals surface area contributed by atoms with Crippen LogP contribution in [0, 0.1) is 5.92 Å². The van der Waals surface area contributed by atoms with E-state index in [1.807, 2.05) is 18.2 Å². The second kappa shape index (κ2) is 9.73. The highest BCUT2D eigenvalue weighted by molar-refractivity contribution is 5.46. The van der Waals surface area contributed by atoms with Crippen LogP contribution in [0.25, 0.3) is 0 Å². The van der Waals surface area contributed by atoms with Crippen LogP contribution in [0.2, 0.25) is 0 Å². The monoisotopic (exact) mass is 396 g/mol. The van der Waals surface area contributed by atoms with Crippen molar-refractivity contribution in [2.45, 2.75) is 44.4 Å². The number of rotatable bonds is 7. The van der Waals surface area contributed by atoms with E-state index in [2.05, 4.69) is 52.3 Å². The average molecular weight is 397 g/mol. The van der Waals surface area contributed by atoms with E-state index in [-0.39, 0.29) is 0 Å². The molecule has 4 heteroatoms. The fourth-order valence-electron chi connectivity index (χ4n) is 4.79. The summed E-state index contributed by atoms with van der Waals surface area (Å²) in [6.07, 6.45) is 5.29. The van der Waals surface area contributed by atoms with Gasteiger partial charge in [-0.25, -0.2) is 4.39 Å². The molecule has 1 atom stereocenters. The third kappa shape index (κ3) is 4.99. The zero-order valence-electron chi connectivity index (χ0n) is 17.3. The first kappa shape index (κ1) is 20.4. The van der Waals surface area contributed by atoms with Gasteiger partial charge in [0, 0.05) is 31.9 Å². The van der Waals surface area contributed by atoms with E-state index < -0.39 is 12.4 Å². The topological polar surface area (TPSA) is 15.7 Å². The maximum Gasteiger partial charge on any atom is 0.150 e. The van der Waals surface area contributed by atoms with Gasteiger partial charge in [-0.3, -0.25) is 4.90 Å². The lowest BCUT2D eigenvalue weighted by molar-refractivity contribution is -0.196. The van der Waals surface area contributed by atoms with Crippen LogP contribution in [0.15, 0.2) is 60.7 Å². The summed E-state index contributed by atoms with van der Waals surface area (Å²) in [5.74, 6) is 0.610. The van der Waals surface area contributed by atoms with Crippen LogP contribution < -0.4 is 4.90 Å². The number of ether oxygens (including phenoxy) is 1. The molecule has 0 radical (unpaired) electrons. The SMILES string of the molecule is FCC1(OCc2ccccc2)CCCCN1CC1CCN(c2ccccc2)CC1. The van der Waals surface area contributed by atoms with Crippen LogP contribution in [0.3, 0.4) is 0 Å². The molecule has 2 heterocycles. The first-order valence-electron chi connectivity index (χ1n) is 11.1. The van der Waals surface area contributed by atoms with Crippen molar-refractivity contribution in [3.05, 3.63) is 66.2 Å². The van der Waals surface area contributed by atoms with E-state index in [9.17, 15) is 4.39 Å². The highest BCUT2D eigenvalue weighted by atomic mass is 19.1. The average Bonchev–Trinajstić information content (AvgIpc) is 2.80. The number of nitrogens with zero attached hydrogens (tertiary/aromatic N) is 2. The van der Waals surface area contributed by atoms with Crippen LogP contribution in [-0.4, -0.2) is 43.5 Å². The van der Waals surface area contributed by atoms with Crippen LogP contribution in [0.4, 0.5) is 10.1 Å². The van der Waals surface area contributed by atoms with E-state index in [1.54, 1.807) is 0 Å². The first-order valence-corrected chi connectivity index (χ1v) is 11.1. The highest BCUT2D eigenvalue weighted by Crippen LogP contribution is 2.34. The number of benzene rings is 2. The maximum atomic E-state index is 14.3. The Balaban J connectivity index is 1.36. The smallest absolute Gasteiger partial charge is 0.150 e. The Kier molecular flexibility index (Phi) is 6.83. The molecule has 29 heavy (non-hydrogen) atoms. The fraction of sp³-hybridized carbons (Fsp3) is 0.520. The second-order valence-corrected chi connectivity index (χ2v) is 8.52. The van der Waals surface area contributed by atoms with Gasteiger partial charge in [0.25, 0.3) is 0 Å². The lowest BCUT2D eigenvalue weighted by atomic mass is 9.92. The maximum absolute atomic E-state index is 14.3. The molecular weight excluding hydrogens is 363 g/mol. The molecule has 4 rings (SSSR count). The minimum atomic E-state index is -0.745. The van der Waals surface area contributed by atoms with E-state index in [4.69, 9.17) is 4.74 Å². The van der Waals surface area contributed by atoms with Crippen molar-refractivity contribution in [2.24, 2.45) is 5.92 Å². The Labute approximate surface area is 174 Å². The number of alkyl halides is 1. The zero-order chi connectivity index (χ0) is 19.9. The number of para-hydroxylation sites is 1. The number of halogens is 1. The van der Waals surface area contributed by atoms with Crippen molar-refractivity contribution in [1.29, 1.82) is 0 Å². The second-order valence-electron chi connectivity index (χ2n) is 8.52. The Hall–Kier alpha value is -1.91. The van der Waals surface area contributed by atoms with Crippen LogP contribution in [0.5, 0.6) is 0 Å². The fourth-order valence-corrected chi connectivity index (χ4v) is 4.79. The van der Waals surface area contributed by atoms with Gasteiger partial charge in [0.15, 0.2) is 5.72 Å². The predicted octanol–water partition coefficient (Wildman–Crippen LogP) is 5.27. The quantitative estimate of drug-likeness (QED) is 0.634. The molecule has 2 fully saturated rings. The standard InChI is InChI=1S/C25H33FN2O/c26-21-25(29-20-23-9-3-1-4-10-23)15-7-8-16-28(25)19-22-13-17-27(18-14-22)24-11-5-2-6-12-24/h1-6,9-12,22H,7-8,13-21H2. The van der Waals surface area contributed by atoms with Crippen molar-refractivity contribution in [3.8, 4) is 0 Å². The van der Waals surface area contributed by atoms with Crippen molar-refractivity contribution in [1.82, 2.24) is 4.90 Å². The molecule has 0 aromatic heterocycles. The third-order valence-electron chi connectivity index (χ3n) is 6.60. The summed E-state index contributed by atoms with van der Waals surface area (Å²) in [6.45, 7) is 4.10. The van der Waals surface area contributed by atoms with E-state index in [1.165, 1.54) is 5.69 Å². The lowest BCUT2D eigenvalue weighted by Crippen LogP contribution is -2.57. The number of piperidine rings is 2. The van der Waals surface area contributed by atoms with Gasteiger partial charge in [-0.2, -0.15) is 0 Å². The van der Waals surface area contributed by atoms with E-state index >= 15 is 0 Å². The van der Waals surface area contributed by atoms with Gasteiger partial charge >= 0.3 is 0 Å². The summed E-state index contributed by atoms with van der Waals surface area (Å²) in [5.41, 5.74) is 1.68. The summed E-state index contributed by atoms with van der Waals surface area (Å²) in [7, 11) is 0. The van der Waals surface area contributed by atoms with Gasteiger partial charge in [-0.05, 0) is 55.7 Å². The molecule has 0 bridgehead atoms. The number of anilines is 1. The molecule has 2 aromatic carbocycles.